The molecule has 1 aromatic heterocycles. The van der Waals surface area contributed by atoms with Crippen LogP contribution in [0.3, 0.4) is 0 Å². The molecule has 20 heavy (non-hydrogen) atoms. The molecule has 0 saturated carbocycles. The smallest absolute Gasteiger partial charge is 0.123 e. The molecule has 1 unspecified atom stereocenters. The molecule has 0 amide bonds. The molecule has 108 valence electrons. The summed E-state index contributed by atoms with van der Waals surface area (Å²) in [5.41, 5.74) is 3.12. The lowest BCUT2D eigenvalue weighted by Crippen LogP contribution is -2.21. The summed E-state index contributed by atoms with van der Waals surface area (Å²) in [6, 6.07) is 6.98. The van der Waals surface area contributed by atoms with Crippen LogP contribution in [-0.4, -0.2) is 14.1 Å². The Hall–Kier alpha value is -1.81. The molecule has 0 aliphatic carbocycles. The van der Waals surface area contributed by atoms with Crippen LogP contribution in [-0.2, 0) is 6.54 Å². The summed E-state index contributed by atoms with van der Waals surface area (Å²) in [7, 11) is 3.88. The van der Waals surface area contributed by atoms with Crippen LogP contribution >= 0.6 is 0 Å². The maximum atomic E-state index is 13.5. The Morgan fingerprint density at radius 3 is 2.70 bits per heavy atom. The summed E-state index contributed by atoms with van der Waals surface area (Å²) in [4.78, 5) is 2.11. The fourth-order valence-corrected chi connectivity index (χ4v) is 2.29. The van der Waals surface area contributed by atoms with Crippen molar-refractivity contribution in [2.24, 2.45) is 0 Å². The maximum absolute atomic E-state index is 13.5. The molecule has 0 bridgehead atoms. The minimum atomic E-state index is -0.209. The molecule has 0 radical (unpaired) electrons. The van der Waals surface area contributed by atoms with Crippen molar-refractivity contribution < 1.29 is 8.81 Å². The van der Waals surface area contributed by atoms with Gasteiger partial charge in [0.25, 0.3) is 0 Å². The summed E-state index contributed by atoms with van der Waals surface area (Å²) in [5.74, 6) is 0.709. The van der Waals surface area contributed by atoms with Crippen molar-refractivity contribution in [1.82, 2.24) is 5.32 Å². The zero-order chi connectivity index (χ0) is 14.7. The van der Waals surface area contributed by atoms with Crippen molar-refractivity contribution in [1.29, 1.82) is 0 Å². The quantitative estimate of drug-likeness (QED) is 0.903. The third-order valence-electron chi connectivity index (χ3n) is 3.67. The van der Waals surface area contributed by atoms with Gasteiger partial charge in [-0.15, -0.1) is 0 Å². The topological polar surface area (TPSA) is 28.4 Å². The second-order valence-corrected chi connectivity index (χ2v) is 5.07. The largest absolute Gasteiger partial charge is 0.469 e. The molecule has 0 spiro atoms. The van der Waals surface area contributed by atoms with Gasteiger partial charge in [0.15, 0.2) is 0 Å². The van der Waals surface area contributed by atoms with E-state index >= 15 is 0 Å². The van der Waals surface area contributed by atoms with E-state index in [1.807, 2.05) is 40.1 Å². The van der Waals surface area contributed by atoms with Crippen LogP contribution in [0.15, 0.2) is 34.9 Å². The van der Waals surface area contributed by atoms with Crippen molar-refractivity contribution in [3.8, 4) is 0 Å². The first kappa shape index (κ1) is 14.6. The first-order valence-electron chi connectivity index (χ1n) is 6.73. The number of hydrogen-bond acceptors (Lipinski definition) is 3. The summed E-state index contributed by atoms with van der Waals surface area (Å²) in [6.07, 6.45) is 1.69. The molecule has 3 nitrogen and oxygen atoms in total. The molecule has 0 fully saturated rings. The molecule has 2 aromatic rings. The first-order chi connectivity index (χ1) is 9.52. The molecule has 0 aliphatic heterocycles. The molecule has 0 aliphatic rings. The SMILES string of the molecule is CNC(C)c1cc(F)ccc1N(C)Cc1ccoc1C. The van der Waals surface area contributed by atoms with Crippen LogP contribution < -0.4 is 10.2 Å². The van der Waals surface area contributed by atoms with Crippen molar-refractivity contribution in [3.63, 3.8) is 0 Å². The molecule has 1 N–H and O–H groups in total. The minimum Gasteiger partial charge on any atom is -0.469 e. The van der Waals surface area contributed by atoms with Crippen LogP contribution in [0.2, 0.25) is 0 Å². The van der Waals surface area contributed by atoms with Gasteiger partial charge in [-0.2, -0.15) is 0 Å². The number of rotatable bonds is 5. The second kappa shape index (κ2) is 6.09. The third kappa shape index (κ3) is 3.02. The summed E-state index contributed by atoms with van der Waals surface area (Å²) in [5, 5.41) is 3.16. The van der Waals surface area contributed by atoms with E-state index in [1.165, 1.54) is 6.07 Å². The highest BCUT2D eigenvalue weighted by Crippen LogP contribution is 2.28. The van der Waals surface area contributed by atoms with E-state index in [4.69, 9.17) is 4.42 Å². The fraction of sp³-hybridized carbons (Fsp3) is 0.375. The Balaban J connectivity index is 2.29. The van der Waals surface area contributed by atoms with Crippen molar-refractivity contribution in [2.45, 2.75) is 26.4 Å². The summed E-state index contributed by atoms with van der Waals surface area (Å²) >= 11 is 0. The molecular weight excluding hydrogens is 255 g/mol. The third-order valence-corrected chi connectivity index (χ3v) is 3.67. The highest BCUT2D eigenvalue weighted by molar-refractivity contribution is 5.55. The lowest BCUT2D eigenvalue weighted by atomic mass is 10.0. The van der Waals surface area contributed by atoms with E-state index in [-0.39, 0.29) is 11.9 Å². The average molecular weight is 276 g/mol. The Morgan fingerprint density at radius 1 is 1.35 bits per heavy atom. The number of furan rings is 1. The van der Waals surface area contributed by atoms with Crippen LogP contribution in [0.4, 0.5) is 10.1 Å². The van der Waals surface area contributed by atoms with Gasteiger partial charge in [0, 0.05) is 30.9 Å². The second-order valence-electron chi connectivity index (χ2n) is 5.07. The number of nitrogens with zero attached hydrogens (tertiary/aromatic N) is 1. The van der Waals surface area contributed by atoms with Crippen molar-refractivity contribution in [3.05, 3.63) is 53.2 Å². The van der Waals surface area contributed by atoms with E-state index in [0.29, 0.717) is 0 Å². The van der Waals surface area contributed by atoms with Gasteiger partial charge in [0.1, 0.15) is 11.6 Å². The highest BCUT2D eigenvalue weighted by atomic mass is 19.1. The van der Waals surface area contributed by atoms with E-state index in [2.05, 4.69) is 10.2 Å². The average Bonchev–Trinajstić information content (AvgIpc) is 2.83. The number of benzene rings is 1. The molecule has 0 saturated heterocycles. The van der Waals surface area contributed by atoms with Crippen LogP contribution in [0.1, 0.15) is 29.9 Å². The molecule has 1 aromatic carbocycles. The van der Waals surface area contributed by atoms with Crippen molar-refractivity contribution >= 4 is 5.69 Å². The lowest BCUT2D eigenvalue weighted by Gasteiger charge is -2.25. The molecular formula is C16H21FN2O. The zero-order valence-electron chi connectivity index (χ0n) is 12.4. The predicted octanol–water partition coefficient (Wildman–Crippen LogP) is 3.64. The normalized spacial score (nSPS) is 12.4. The van der Waals surface area contributed by atoms with E-state index in [0.717, 1.165) is 29.1 Å². The van der Waals surface area contributed by atoms with Gasteiger partial charge in [0.2, 0.25) is 0 Å². The maximum Gasteiger partial charge on any atom is 0.123 e. The van der Waals surface area contributed by atoms with E-state index in [1.54, 1.807) is 12.3 Å². The Kier molecular flexibility index (Phi) is 4.45. The van der Waals surface area contributed by atoms with Crippen LogP contribution in [0.5, 0.6) is 0 Å². The van der Waals surface area contributed by atoms with Crippen molar-refractivity contribution in [2.75, 3.05) is 19.0 Å². The molecule has 2 rings (SSSR count). The zero-order valence-corrected chi connectivity index (χ0v) is 12.4. The van der Waals surface area contributed by atoms with E-state index < -0.39 is 0 Å². The van der Waals surface area contributed by atoms with Crippen LogP contribution in [0.25, 0.3) is 0 Å². The Labute approximate surface area is 119 Å². The van der Waals surface area contributed by atoms with Gasteiger partial charge < -0.3 is 14.6 Å². The van der Waals surface area contributed by atoms with E-state index in [9.17, 15) is 4.39 Å². The van der Waals surface area contributed by atoms with Gasteiger partial charge in [0.05, 0.1) is 6.26 Å². The summed E-state index contributed by atoms with van der Waals surface area (Å²) < 4.78 is 18.8. The number of nitrogens with one attached hydrogen (secondary N) is 1. The first-order valence-corrected chi connectivity index (χ1v) is 6.73. The summed E-state index contributed by atoms with van der Waals surface area (Å²) in [6.45, 7) is 4.71. The number of hydrogen-bond donors (Lipinski definition) is 1. The van der Waals surface area contributed by atoms with Gasteiger partial charge in [-0.1, -0.05) is 0 Å². The monoisotopic (exact) mass is 276 g/mol. The number of halogens is 1. The fourth-order valence-electron chi connectivity index (χ4n) is 2.29. The van der Waals surface area contributed by atoms with Gasteiger partial charge in [-0.3, -0.25) is 0 Å². The Morgan fingerprint density at radius 2 is 2.10 bits per heavy atom. The van der Waals surface area contributed by atoms with Gasteiger partial charge >= 0.3 is 0 Å². The standard InChI is InChI=1S/C16H21FN2O/c1-11(18-3)15-9-14(17)5-6-16(15)19(4)10-13-7-8-20-12(13)2/h5-9,11,18H,10H2,1-4H3. The predicted molar refractivity (Wildman–Crippen MR) is 79.4 cm³/mol. The van der Waals surface area contributed by atoms with Crippen LogP contribution in [0, 0.1) is 12.7 Å². The molecule has 1 heterocycles. The molecule has 1 atom stereocenters. The van der Waals surface area contributed by atoms with Gasteiger partial charge in [-0.25, -0.2) is 4.39 Å². The Bertz CT molecular complexity index is 580. The van der Waals surface area contributed by atoms with Gasteiger partial charge in [-0.05, 0) is 50.7 Å². The lowest BCUT2D eigenvalue weighted by molar-refractivity contribution is 0.529. The number of anilines is 1. The minimum absolute atomic E-state index is 0.0913. The number of aryl methyl sites for hydroxylation is 1. The molecule has 4 heteroatoms. The highest BCUT2D eigenvalue weighted by Gasteiger charge is 2.14.